The summed E-state index contributed by atoms with van der Waals surface area (Å²) in [4.78, 5) is 16.9. The fourth-order valence-corrected chi connectivity index (χ4v) is 3.82. The summed E-state index contributed by atoms with van der Waals surface area (Å²) in [5, 5.41) is 3.38. The van der Waals surface area contributed by atoms with Crippen molar-refractivity contribution in [3.8, 4) is 5.69 Å². The Kier molecular flexibility index (Phi) is 6.52. The summed E-state index contributed by atoms with van der Waals surface area (Å²) < 4.78 is 27.2. The number of hydrogen-bond acceptors (Lipinski definition) is 4. The number of para-hydroxylation sites is 1. The predicted molar refractivity (Wildman–Crippen MR) is 106 cm³/mol. The lowest BCUT2D eigenvalue weighted by atomic mass is 10.2. The molecule has 27 heavy (non-hydrogen) atoms. The Hall–Kier alpha value is -2.32. The number of imidazole rings is 1. The lowest BCUT2D eigenvalue weighted by Crippen LogP contribution is -2.15. The highest BCUT2D eigenvalue weighted by Crippen LogP contribution is 2.31. The van der Waals surface area contributed by atoms with Crippen LogP contribution in [0.2, 0.25) is 0 Å². The second kappa shape index (κ2) is 9.05. The second-order valence-electron chi connectivity index (χ2n) is 5.63. The van der Waals surface area contributed by atoms with Gasteiger partial charge < -0.3 is 5.32 Å². The van der Waals surface area contributed by atoms with Crippen molar-refractivity contribution in [3.63, 3.8) is 0 Å². The van der Waals surface area contributed by atoms with Crippen molar-refractivity contribution in [2.75, 3.05) is 11.1 Å². The van der Waals surface area contributed by atoms with E-state index in [1.54, 1.807) is 30.5 Å². The Labute approximate surface area is 164 Å². The maximum Gasteiger partial charge on any atom is 0.288 e. The largest absolute Gasteiger partial charge is 0.324 e. The molecule has 3 rings (SSSR count). The molecular weight excluding hydrogens is 388 g/mol. The summed E-state index contributed by atoms with van der Waals surface area (Å²) in [5.41, 5.74) is 2.48. The molecule has 0 bridgehead atoms. The van der Waals surface area contributed by atoms with Gasteiger partial charge in [0, 0.05) is 23.0 Å². The number of alkyl halides is 2. The van der Waals surface area contributed by atoms with Crippen LogP contribution in [0.4, 0.5) is 14.5 Å². The highest BCUT2D eigenvalue weighted by molar-refractivity contribution is 8.00. The first-order valence-corrected chi connectivity index (χ1v) is 9.96. The molecule has 0 radical (unpaired) electrons. The zero-order valence-electron chi connectivity index (χ0n) is 14.4. The molecule has 3 aromatic rings. The van der Waals surface area contributed by atoms with Gasteiger partial charge in [-0.05, 0) is 36.8 Å². The van der Waals surface area contributed by atoms with E-state index in [1.165, 1.54) is 11.8 Å². The number of nitrogens with one attached hydrogen (secondary N) is 1. The van der Waals surface area contributed by atoms with Gasteiger partial charge >= 0.3 is 0 Å². The molecule has 1 N–H and O–H groups in total. The van der Waals surface area contributed by atoms with Crippen LogP contribution in [0, 0.1) is 6.92 Å². The highest BCUT2D eigenvalue weighted by atomic mass is 32.2. The van der Waals surface area contributed by atoms with E-state index in [-0.39, 0.29) is 11.7 Å². The summed E-state index contributed by atoms with van der Waals surface area (Å²) in [5.74, 6) is -2.70. The van der Waals surface area contributed by atoms with E-state index < -0.39 is 5.76 Å². The Morgan fingerprint density at radius 1 is 1.22 bits per heavy atom. The van der Waals surface area contributed by atoms with Crippen LogP contribution in [0.25, 0.3) is 5.69 Å². The molecule has 1 amide bonds. The summed E-state index contributed by atoms with van der Waals surface area (Å²) in [6, 6.07) is 14.5. The lowest BCUT2D eigenvalue weighted by Gasteiger charge is -2.11. The molecule has 2 aromatic carbocycles. The van der Waals surface area contributed by atoms with Crippen molar-refractivity contribution < 1.29 is 13.6 Å². The van der Waals surface area contributed by atoms with Gasteiger partial charge in [-0.25, -0.2) is 4.98 Å². The van der Waals surface area contributed by atoms with Crippen LogP contribution in [-0.4, -0.2) is 27.0 Å². The topological polar surface area (TPSA) is 46.9 Å². The van der Waals surface area contributed by atoms with Gasteiger partial charge in [0.25, 0.3) is 5.76 Å². The number of anilines is 1. The molecule has 0 spiro atoms. The number of amides is 1. The molecule has 0 unspecified atom stereocenters. The molecule has 4 nitrogen and oxygen atoms in total. The smallest absolute Gasteiger partial charge is 0.288 e. The van der Waals surface area contributed by atoms with E-state index in [0.717, 1.165) is 11.3 Å². The first kappa shape index (κ1) is 19.4. The normalized spacial score (nSPS) is 11.0. The number of hydrogen-bond donors (Lipinski definition) is 1. The molecule has 8 heteroatoms. The first-order chi connectivity index (χ1) is 13.0. The third-order valence-electron chi connectivity index (χ3n) is 3.60. The fourth-order valence-electron chi connectivity index (χ4n) is 2.46. The molecule has 0 aliphatic heterocycles. The number of rotatable bonds is 7. The number of thioether (sulfide) groups is 2. The van der Waals surface area contributed by atoms with Gasteiger partial charge in [0.2, 0.25) is 5.91 Å². The summed E-state index contributed by atoms with van der Waals surface area (Å²) in [6.07, 6.45) is 3.51. The number of nitrogens with zero attached hydrogens (tertiary/aromatic N) is 2. The number of carbonyl (C=O) groups excluding carboxylic acids is 1. The van der Waals surface area contributed by atoms with Gasteiger partial charge in [-0.1, -0.05) is 47.8 Å². The predicted octanol–water partition coefficient (Wildman–Crippen LogP) is 5.23. The number of aryl methyl sites for hydroxylation is 1. The molecule has 140 valence electrons. The Morgan fingerprint density at radius 2 is 2.04 bits per heavy atom. The van der Waals surface area contributed by atoms with E-state index in [2.05, 4.69) is 10.3 Å². The Morgan fingerprint density at radius 3 is 2.81 bits per heavy atom. The molecule has 1 aromatic heterocycles. The van der Waals surface area contributed by atoms with Crippen molar-refractivity contribution >= 4 is 35.1 Å². The van der Waals surface area contributed by atoms with Crippen LogP contribution < -0.4 is 5.32 Å². The molecule has 0 saturated carbocycles. The van der Waals surface area contributed by atoms with Crippen LogP contribution in [-0.2, 0) is 4.79 Å². The minimum atomic E-state index is -2.54. The van der Waals surface area contributed by atoms with Crippen LogP contribution >= 0.6 is 23.5 Å². The van der Waals surface area contributed by atoms with Crippen molar-refractivity contribution in [1.82, 2.24) is 9.55 Å². The van der Waals surface area contributed by atoms with E-state index in [1.807, 2.05) is 42.0 Å². The Balaban J connectivity index is 1.65. The zero-order chi connectivity index (χ0) is 19.2. The molecule has 0 aliphatic carbocycles. The fraction of sp³-hybridized carbons (Fsp3) is 0.158. The van der Waals surface area contributed by atoms with E-state index in [0.29, 0.717) is 27.5 Å². The van der Waals surface area contributed by atoms with Crippen molar-refractivity contribution in [1.29, 1.82) is 0 Å². The molecule has 0 atom stereocenters. The summed E-state index contributed by atoms with van der Waals surface area (Å²) >= 11 is 1.70. The molecule has 0 fully saturated rings. The third kappa shape index (κ3) is 5.33. The van der Waals surface area contributed by atoms with E-state index >= 15 is 0 Å². The molecule has 0 saturated heterocycles. The van der Waals surface area contributed by atoms with Crippen LogP contribution in [0.5, 0.6) is 0 Å². The maximum absolute atomic E-state index is 12.6. The average Bonchev–Trinajstić information content (AvgIpc) is 3.10. The summed E-state index contributed by atoms with van der Waals surface area (Å²) in [6.45, 7) is 2.01. The number of halogens is 2. The van der Waals surface area contributed by atoms with E-state index in [4.69, 9.17) is 0 Å². The highest BCUT2D eigenvalue weighted by Gasteiger charge is 2.13. The number of benzene rings is 2. The van der Waals surface area contributed by atoms with E-state index in [9.17, 15) is 13.6 Å². The number of carbonyl (C=O) groups is 1. The second-order valence-corrected chi connectivity index (χ2v) is 7.60. The SMILES string of the molecule is Cc1cccc(-n2ccnc2SCC(=O)Nc2ccccc2SC(F)F)c1. The van der Waals surface area contributed by atoms with Crippen LogP contribution in [0.15, 0.2) is 71.0 Å². The van der Waals surface area contributed by atoms with Gasteiger partial charge in [0.15, 0.2) is 5.16 Å². The van der Waals surface area contributed by atoms with Crippen molar-refractivity contribution in [2.45, 2.75) is 22.7 Å². The quantitative estimate of drug-likeness (QED) is 0.547. The standard InChI is InChI=1S/C19H17F2N3OS2/c1-13-5-4-6-14(11-13)24-10-9-22-19(24)26-12-17(25)23-15-7-2-3-8-16(15)27-18(20)21/h2-11,18H,12H2,1H3,(H,23,25). The van der Waals surface area contributed by atoms with Crippen LogP contribution in [0.1, 0.15) is 5.56 Å². The molecular formula is C19H17F2N3OS2. The summed E-state index contributed by atoms with van der Waals surface area (Å²) in [7, 11) is 0. The van der Waals surface area contributed by atoms with Crippen molar-refractivity contribution in [3.05, 3.63) is 66.5 Å². The Bertz CT molecular complexity index is 931. The average molecular weight is 405 g/mol. The lowest BCUT2D eigenvalue weighted by molar-refractivity contribution is -0.113. The van der Waals surface area contributed by atoms with Gasteiger partial charge in [-0.15, -0.1) is 0 Å². The number of aromatic nitrogens is 2. The zero-order valence-corrected chi connectivity index (χ0v) is 16.1. The van der Waals surface area contributed by atoms with Crippen LogP contribution in [0.3, 0.4) is 0 Å². The minimum absolute atomic E-state index is 0.122. The first-order valence-electron chi connectivity index (χ1n) is 8.10. The third-order valence-corrected chi connectivity index (χ3v) is 5.35. The van der Waals surface area contributed by atoms with Gasteiger partial charge in [0.1, 0.15) is 0 Å². The van der Waals surface area contributed by atoms with Gasteiger partial charge in [0.05, 0.1) is 11.4 Å². The van der Waals surface area contributed by atoms with Crippen molar-refractivity contribution in [2.24, 2.45) is 0 Å². The van der Waals surface area contributed by atoms with Gasteiger partial charge in [-0.3, -0.25) is 9.36 Å². The van der Waals surface area contributed by atoms with Gasteiger partial charge in [-0.2, -0.15) is 8.78 Å². The maximum atomic E-state index is 12.6. The minimum Gasteiger partial charge on any atom is -0.324 e. The monoisotopic (exact) mass is 405 g/mol. The molecule has 0 aliphatic rings. The molecule has 1 heterocycles.